The molecule has 0 saturated carbocycles. The average molecular weight is 545 g/mol. The van der Waals surface area contributed by atoms with Crippen molar-refractivity contribution in [3.63, 3.8) is 0 Å². The van der Waals surface area contributed by atoms with E-state index < -0.39 is 26.5 Å². The molecule has 0 aliphatic carbocycles. The van der Waals surface area contributed by atoms with Crippen molar-refractivity contribution in [1.82, 2.24) is 10.2 Å². The molecule has 4 rings (SSSR count). The molecule has 2 heterocycles. The molecule has 2 amide bonds. The van der Waals surface area contributed by atoms with Crippen LogP contribution in [-0.4, -0.2) is 62.9 Å². The fraction of sp³-hybridized carbons (Fsp3) is 0.444. The summed E-state index contributed by atoms with van der Waals surface area (Å²) in [6.07, 6.45) is 2.71. The third kappa shape index (κ3) is 5.04. The smallest absolute Gasteiger partial charge is 0.268 e. The van der Waals surface area contributed by atoms with Gasteiger partial charge in [-0.15, -0.1) is 0 Å². The average Bonchev–Trinajstić information content (AvgIpc) is 2.98. The summed E-state index contributed by atoms with van der Waals surface area (Å²) in [5.74, 6) is -1.66. The Morgan fingerprint density at radius 3 is 2.70 bits per heavy atom. The van der Waals surface area contributed by atoms with Gasteiger partial charge >= 0.3 is 0 Å². The van der Waals surface area contributed by atoms with Crippen LogP contribution < -0.4 is 10.6 Å². The second-order valence-corrected chi connectivity index (χ2v) is 12.5. The number of anilines is 1. The molecule has 2 aliphatic rings. The van der Waals surface area contributed by atoms with Crippen molar-refractivity contribution in [2.24, 2.45) is 16.8 Å². The van der Waals surface area contributed by atoms with Crippen molar-refractivity contribution in [1.29, 1.82) is 0 Å². The van der Waals surface area contributed by atoms with E-state index in [-0.39, 0.29) is 16.7 Å². The Balaban J connectivity index is 1.93. The molecule has 0 spiro atoms. The molecule has 2 aromatic carbocycles. The molecule has 0 bridgehead atoms. The summed E-state index contributed by atoms with van der Waals surface area (Å²) in [6, 6.07) is 10.3. The highest BCUT2D eigenvalue weighted by atomic mass is 35.5. The number of hydrogen-bond acceptors (Lipinski definition) is 6. The molecule has 37 heavy (non-hydrogen) atoms. The highest BCUT2D eigenvalue weighted by Crippen LogP contribution is 2.45. The van der Waals surface area contributed by atoms with Crippen molar-refractivity contribution in [2.75, 3.05) is 32.0 Å². The van der Waals surface area contributed by atoms with Crippen molar-refractivity contribution in [3.05, 3.63) is 58.1 Å². The summed E-state index contributed by atoms with van der Waals surface area (Å²) in [5, 5.41) is 6.16. The number of aliphatic imine (C=N–C) groups is 1. The molecular formula is C27H33ClN4O4S. The van der Waals surface area contributed by atoms with Gasteiger partial charge in [-0.1, -0.05) is 29.8 Å². The first-order valence-corrected chi connectivity index (χ1v) is 14.2. The molecule has 1 fully saturated rings. The number of fused-ring (bicyclic) bond motifs is 1. The van der Waals surface area contributed by atoms with Crippen LogP contribution in [0.5, 0.6) is 0 Å². The third-order valence-electron chi connectivity index (χ3n) is 7.44. The molecule has 1 saturated heterocycles. The van der Waals surface area contributed by atoms with Crippen LogP contribution in [0.25, 0.3) is 0 Å². The minimum atomic E-state index is -4.36. The van der Waals surface area contributed by atoms with Gasteiger partial charge in [0.05, 0.1) is 4.90 Å². The summed E-state index contributed by atoms with van der Waals surface area (Å²) in [6.45, 7) is 6.37. The molecule has 0 aromatic heterocycles. The molecule has 0 radical (unpaired) electrons. The molecule has 3 atom stereocenters. The lowest BCUT2D eigenvalue weighted by Gasteiger charge is -2.45. The number of rotatable bonds is 6. The lowest BCUT2D eigenvalue weighted by molar-refractivity contribution is -0.121. The topological polar surface area (TPSA) is 108 Å². The first-order chi connectivity index (χ1) is 17.5. The van der Waals surface area contributed by atoms with E-state index in [1.807, 2.05) is 18.0 Å². The maximum atomic E-state index is 14.7. The molecule has 10 heteroatoms. The minimum Gasteiger partial charge on any atom is -0.356 e. The monoisotopic (exact) mass is 544 g/mol. The Morgan fingerprint density at radius 2 is 1.97 bits per heavy atom. The van der Waals surface area contributed by atoms with Gasteiger partial charge in [-0.05, 0) is 75.5 Å². The predicted molar refractivity (Wildman–Crippen MR) is 146 cm³/mol. The van der Waals surface area contributed by atoms with E-state index in [4.69, 9.17) is 16.6 Å². The zero-order chi connectivity index (χ0) is 27.0. The van der Waals surface area contributed by atoms with Crippen LogP contribution in [0.15, 0.2) is 46.3 Å². The number of aryl methyl sites for hydroxylation is 2. The number of carbonyl (C=O) groups excluding carboxylic acids is 2. The zero-order valence-electron chi connectivity index (χ0n) is 21.5. The second kappa shape index (κ2) is 10.6. The van der Waals surface area contributed by atoms with Gasteiger partial charge in [-0.2, -0.15) is 0 Å². The van der Waals surface area contributed by atoms with Gasteiger partial charge in [0.1, 0.15) is 0 Å². The fourth-order valence-corrected chi connectivity index (χ4v) is 7.93. The number of nitrogens with one attached hydrogen (secondary N) is 2. The number of halogens is 1. The van der Waals surface area contributed by atoms with Crippen LogP contribution in [-0.2, 0) is 19.4 Å². The van der Waals surface area contributed by atoms with Crippen LogP contribution in [0.4, 0.5) is 5.69 Å². The number of nitrogens with zero attached hydrogens (tertiary/aromatic N) is 2. The number of para-hydroxylation sites is 1. The minimum absolute atomic E-state index is 0.0430. The Kier molecular flexibility index (Phi) is 7.78. The third-order valence-corrected chi connectivity index (χ3v) is 10.3. The number of benzodiazepines with no additional fused rings is 1. The van der Waals surface area contributed by atoms with Gasteiger partial charge in [-0.25, -0.2) is 8.42 Å². The number of likely N-dealkylation sites (tertiary alicyclic amines) is 1. The van der Waals surface area contributed by atoms with Crippen LogP contribution in [0.1, 0.15) is 36.5 Å². The first kappa shape index (κ1) is 27.3. The second-order valence-electron chi connectivity index (χ2n) is 10.1. The molecule has 2 aromatic rings. The summed E-state index contributed by atoms with van der Waals surface area (Å²) in [7, 11) is -2.45. The number of benzene rings is 2. The molecule has 2 aliphatic heterocycles. The van der Waals surface area contributed by atoms with Crippen molar-refractivity contribution < 1.29 is 18.0 Å². The van der Waals surface area contributed by atoms with Crippen LogP contribution >= 0.6 is 11.6 Å². The molecule has 198 valence electrons. The normalized spacial score (nSPS) is 24.2. The molecular weight excluding hydrogens is 512 g/mol. The van der Waals surface area contributed by atoms with Crippen LogP contribution in [0, 0.1) is 25.7 Å². The van der Waals surface area contributed by atoms with Crippen molar-refractivity contribution >= 4 is 45.2 Å². The van der Waals surface area contributed by atoms with Gasteiger partial charge < -0.3 is 15.5 Å². The van der Waals surface area contributed by atoms with Crippen LogP contribution in [0.3, 0.4) is 0 Å². The van der Waals surface area contributed by atoms with E-state index in [0.717, 1.165) is 6.54 Å². The summed E-state index contributed by atoms with van der Waals surface area (Å²) in [5.41, 5.74) is 2.20. The van der Waals surface area contributed by atoms with Gasteiger partial charge in [0.25, 0.3) is 5.91 Å². The summed E-state index contributed by atoms with van der Waals surface area (Å²) < 4.78 is 29.5. The van der Waals surface area contributed by atoms with Crippen LogP contribution in [0.2, 0.25) is 5.02 Å². The lowest BCUT2D eigenvalue weighted by Crippen LogP contribution is -2.60. The Bertz CT molecular complexity index is 1360. The molecule has 8 nitrogen and oxygen atoms in total. The maximum absolute atomic E-state index is 14.7. The molecule has 3 unspecified atom stereocenters. The van der Waals surface area contributed by atoms with E-state index in [1.165, 1.54) is 19.2 Å². The Hall–Kier alpha value is -2.75. The van der Waals surface area contributed by atoms with Crippen molar-refractivity contribution in [2.45, 2.75) is 43.4 Å². The van der Waals surface area contributed by atoms with Crippen molar-refractivity contribution in [3.8, 4) is 0 Å². The highest BCUT2D eigenvalue weighted by Gasteiger charge is 2.60. The largest absolute Gasteiger partial charge is 0.356 e. The SMILES string of the molecule is CC(=O)NCCC1CCN(C)CC1C1(S(=O)(=O)c2cc(C)c(Cl)cc2C)N=Cc2ccccc2NC1=O. The number of amides is 2. The van der Waals surface area contributed by atoms with Gasteiger partial charge in [0, 0.05) is 48.4 Å². The number of hydrogen-bond donors (Lipinski definition) is 2. The summed E-state index contributed by atoms with van der Waals surface area (Å²) in [4.78, 5) is 30.4. The Labute approximate surface area is 223 Å². The van der Waals surface area contributed by atoms with E-state index in [0.29, 0.717) is 53.3 Å². The van der Waals surface area contributed by atoms with Gasteiger partial charge in [0.2, 0.25) is 20.6 Å². The quantitative estimate of drug-likeness (QED) is 0.578. The molecule has 2 N–H and O–H groups in total. The van der Waals surface area contributed by atoms with E-state index in [2.05, 4.69) is 10.6 Å². The number of sulfone groups is 1. The highest BCUT2D eigenvalue weighted by molar-refractivity contribution is 7.93. The first-order valence-electron chi connectivity index (χ1n) is 12.4. The zero-order valence-corrected chi connectivity index (χ0v) is 23.1. The van der Waals surface area contributed by atoms with Gasteiger partial charge in [0.15, 0.2) is 0 Å². The predicted octanol–water partition coefficient (Wildman–Crippen LogP) is 3.59. The summed E-state index contributed by atoms with van der Waals surface area (Å²) >= 11 is 6.30. The lowest BCUT2D eigenvalue weighted by atomic mass is 9.78. The fourth-order valence-electron chi connectivity index (χ4n) is 5.41. The van der Waals surface area contributed by atoms with Gasteiger partial charge in [-0.3, -0.25) is 14.6 Å². The Morgan fingerprint density at radius 1 is 1.24 bits per heavy atom. The maximum Gasteiger partial charge on any atom is 0.268 e. The number of carbonyl (C=O) groups is 2. The standard InChI is InChI=1S/C27H33ClN4O4S/c1-17-14-25(18(2)13-23(17)28)37(35,36)27(26(34)31-24-8-6-5-7-21(24)15-30-27)22-16-32(4)12-10-20(22)9-11-29-19(3)33/h5-8,13-15,20,22H,9-12,16H2,1-4H3,(H,29,33)(H,31,34). The van der Waals surface area contributed by atoms with E-state index in [9.17, 15) is 18.0 Å². The van der Waals surface area contributed by atoms with E-state index >= 15 is 0 Å². The number of piperidine rings is 1. The van der Waals surface area contributed by atoms with E-state index in [1.54, 1.807) is 38.1 Å².